The SMILES string of the molecule is CC(C)n1nccc1[C@@H]1OCCC[C@H]1C(=O)Nc1ccc(-n2cncn2)c(F)c1. The van der Waals surface area contributed by atoms with Gasteiger partial charge < -0.3 is 10.1 Å². The fourth-order valence-corrected chi connectivity index (χ4v) is 3.66. The van der Waals surface area contributed by atoms with Gasteiger partial charge in [-0.25, -0.2) is 14.1 Å². The fourth-order valence-electron chi connectivity index (χ4n) is 3.66. The highest BCUT2D eigenvalue weighted by molar-refractivity contribution is 5.93. The second-order valence-corrected chi connectivity index (χ2v) is 7.33. The zero-order chi connectivity index (χ0) is 20.4. The van der Waals surface area contributed by atoms with Crippen LogP contribution in [0.15, 0.2) is 43.1 Å². The van der Waals surface area contributed by atoms with E-state index < -0.39 is 5.82 Å². The van der Waals surface area contributed by atoms with Crippen molar-refractivity contribution in [1.29, 1.82) is 0 Å². The average Bonchev–Trinajstić information content (AvgIpc) is 3.40. The number of halogens is 1. The van der Waals surface area contributed by atoms with Crippen LogP contribution in [0.2, 0.25) is 0 Å². The molecule has 0 aliphatic carbocycles. The van der Waals surface area contributed by atoms with Crippen molar-refractivity contribution < 1.29 is 13.9 Å². The first-order valence-electron chi connectivity index (χ1n) is 9.65. The lowest BCUT2D eigenvalue weighted by Crippen LogP contribution is -2.34. The van der Waals surface area contributed by atoms with Gasteiger partial charge >= 0.3 is 0 Å². The summed E-state index contributed by atoms with van der Waals surface area (Å²) in [4.78, 5) is 16.8. The van der Waals surface area contributed by atoms with Crippen molar-refractivity contribution in [2.24, 2.45) is 5.92 Å². The minimum atomic E-state index is -0.498. The summed E-state index contributed by atoms with van der Waals surface area (Å²) >= 11 is 0. The first-order chi connectivity index (χ1) is 14.0. The van der Waals surface area contributed by atoms with Crippen LogP contribution in [-0.2, 0) is 9.53 Å². The van der Waals surface area contributed by atoms with Gasteiger partial charge in [0.2, 0.25) is 5.91 Å². The number of hydrogen-bond donors (Lipinski definition) is 1. The first-order valence-corrected chi connectivity index (χ1v) is 9.65. The molecule has 8 nitrogen and oxygen atoms in total. The van der Waals surface area contributed by atoms with E-state index in [9.17, 15) is 9.18 Å². The van der Waals surface area contributed by atoms with E-state index in [1.807, 2.05) is 24.6 Å². The van der Waals surface area contributed by atoms with Crippen molar-refractivity contribution in [3.63, 3.8) is 0 Å². The molecule has 3 heterocycles. The van der Waals surface area contributed by atoms with E-state index in [1.54, 1.807) is 18.3 Å². The Hall–Kier alpha value is -3.07. The van der Waals surface area contributed by atoms with E-state index in [-0.39, 0.29) is 29.7 Å². The predicted molar refractivity (Wildman–Crippen MR) is 104 cm³/mol. The Bertz CT molecular complexity index is 985. The van der Waals surface area contributed by atoms with Crippen LogP contribution in [0.3, 0.4) is 0 Å². The van der Waals surface area contributed by atoms with Crippen molar-refractivity contribution in [3.8, 4) is 5.69 Å². The number of rotatable bonds is 5. The van der Waals surface area contributed by atoms with E-state index in [4.69, 9.17) is 4.74 Å². The van der Waals surface area contributed by atoms with Gasteiger partial charge in [-0.2, -0.15) is 10.2 Å². The van der Waals surface area contributed by atoms with Gasteiger partial charge in [0.15, 0.2) is 5.82 Å². The average molecular weight is 398 g/mol. The Morgan fingerprint density at radius 1 is 1.31 bits per heavy atom. The minimum Gasteiger partial charge on any atom is -0.371 e. The molecule has 1 aliphatic rings. The summed E-state index contributed by atoms with van der Waals surface area (Å²) in [6.45, 7) is 4.67. The third kappa shape index (κ3) is 3.91. The maximum absolute atomic E-state index is 14.5. The third-order valence-corrected chi connectivity index (χ3v) is 5.02. The Kier molecular flexibility index (Phi) is 5.39. The normalized spacial score (nSPS) is 19.4. The van der Waals surface area contributed by atoms with Gasteiger partial charge in [-0.05, 0) is 51.0 Å². The van der Waals surface area contributed by atoms with E-state index in [2.05, 4.69) is 20.5 Å². The van der Waals surface area contributed by atoms with Gasteiger partial charge in [0.05, 0.1) is 11.6 Å². The zero-order valence-corrected chi connectivity index (χ0v) is 16.3. The predicted octanol–water partition coefficient (Wildman–Crippen LogP) is 3.29. The molecule has 1 N–H and O–H groups in total. The highest BCUT2D eigenvalue weighted by Crippen LogP contribution is 2.35. The summed E-state index contributed by atoms with van der Waals surface area (Å²) in [7, 11) is 0. The Morgan fingerprint density at radius 2 is 2.17 bits per heavy atom. The molecular formula is C20H23FN6O2. The van der Waals surface area contributed by atoms with E-state index in [1.165, 1.54) is 23.4 Å². The molecule has 3 aromatic rings. The lowest BCUT2D eigenvalue weighted by atomic mass is 9.91. The smallest absolute Gasteiger partial charge is 0.230 e. The monoisotopic (exact) mass is 398 g/mol. The fraction of sp³-hybridized carbons (Fsp3) is 0.400. The molecule has 0 radical (unpaired) electrons. The van der Waals surface area contributed by atoms with Crippen molar-refractivity contribution in [2.45, 2.75) is 38.8 Å². The van der Waals surface area contributed by atoms with E-state index >= 15 is 0 Å². The molecule has 1 aromatic carbocycles. The third-order valence-electron chi connectivity index (χ3n) is 5.02. The van der Waals surface area contributed by atoms with Gasteiger partial charge in [-0.3, -0.25) is 9.48 Å². The second kappa shape index (κ2) is 8.12. The summed E-state index contributed by atoms with van der Waals surface area (Å²) < 4.78 is 23.6. The summed E-state index contributed by atoms with van der Waals surface area (Å²) in [5.74, 6) is -1.07. The summed E-state index contributed by atoms with van der Waals surface area (Å²) in [5.41, 5.74) is 1.53. The number of nitrogens with one attached hydrogen (secondary N) is 1. The molecule has 29 heavy (non-hydrogen) atoms. The molecule has 0 spiro atoms. The summed E-state index contributed by atoms with van der Waals surface area (Å²) in [6.07, 6.45) is 5.58. The number of amides is 1. The van der Waals surface area contributed by atoms with Crippen LogP contribution in [0, 0.1) is 11.7 Å². The van der Waals surface area contributed by atoms with Crippen LogP contribution in [0.1, 0.15) is 44.5 Å². The molecule has 1 amide bonds. The number of benzene rings is 1. The second-order valence-electron chi connectivity index (χ2n) is 7.33. The molecule has 2 atom stereocenters. The Morgan fingerprint density at radius 3 is 2.90 bits per heavy atom. The summed E-state index contributed by atoms with van der Waals surface area (Å²) in [5, 5.41) is 11.1. The van der Waals surface area contributed by atoms with Crippen molar-refractivity contribution >= 4 is 11.6 Å². The first kappa shape index (κ1) is 19.3. The number of nitrogens with zero attached hydrogens (tertiary/aromatic N) is 5. The molecule has 0 bridgehead atoms. The highest BCUT2D eigenvalue weighted by Gasteiger charge is 2.35. The van der Waals surface area contributed by atoms with Crippen molar-refractivity contribution in [3.05, 3.63) is 54.6 Å². The van der Waals surface area contributed by atoms with Crippen molar-refractivity contribution in [1.82, 2.24) is 24.5 Å². The van der Waals surface area contributed by atoms with Gasteiger partial charge in [0.25, 0.3) is 0 Å². The molecule has 1 aliphatic heterocycles. The van der Waals surface area contributed by atoms with Crippen LogP contribution in [0.5, 0.6) is 0 Å². The molecule has 152 valence electrons. The number of carbonyl (C=O) groups is 1. The molecule has 0 unspecified atom stereocenters. The number of ether oxygens (including phenoxy) is 1. The molecular weight excluding hydrogens is 375 g/mol. The van der Waals surface area contributed by atoms with E-state index in [0.29, 0.717) is 18.7 Å². The molecule has 0 saturated carbocycles. The van der Waals surface area contributed by atoms with Gasteiger partial charge in [0.1, 0.15) is 24.4 Å². The summed E-state index contributed by atoms with van der Waals surface area (Å²) in [6, 6.07) is 6.54. The van der Waals surface area contributed by atoms with Crippen LogP contribution in [0.25, 0.3) is 5.69 Å². The van der Waals surface area contributed by atoms with Gasteiger partial charge in [-0.15, -0.1) is 0 Å². The molecule has 9 heteroatoms. The Balaban J connectivity index is 1.53. The highest BCUT2D eigenvalue weighted by atomic mass is 19.1. The van der Waals surface area contributed by atoms with Gasteiger partial charge in [0, 0.05) is 24.5 Å². The maximum atomic E-state index is 14.5. The number of hydrogen-bond acceptors (Lipinski definition) is 5. The van der Waals surface area contributed by atoms with Crippen LogP contribution in [-0.4, -0.2) is 37.1 Å². The maximum Gasteiger partial charge on any atom is 0.230 e. The topological polar surface area (TPSA) is 86.9 Å². The van der Waals surface area contributed by atoms with Crippen LogP contribution < -0.4 is 5.32 Å². The molecule has 2 aromatic heterocycles. The van der Waals surface area contributed by atoms with E-state index in [0.717, 1.165) is 12.1 Å². The van der Waals surface area contributed by atoms with Gasteiger partial charge in [-0.1, -0.05) is 0 Å². The zero-order valence-electron chi connectivity index (χ0n) is 16.3. The lowest BCUT2D eigenvalue weighted by molar-refractivity contribution is -0.129. The standard InChI is InChI=1S/C20H23FN6O2/c1-13(2)27-18(7-8-23-27)19-15(4-3-9-29-19)20(28)25-14-5-6-17(16(21)10-14)26-12-22-11-24-26/h5-8,10-13,15,19H,3-4,9H2,1-2H3,(H,25,28)/t15-,19-/m1/s1. The minimum absolute atomic E-state index is 0.160. The van der Waals surface area contributed by atoms with Crippen LogP contribution in [0.4, 0.5) is 10.1 Å². The number of carbonyl (C=O) groups excluding carboxylic acids is 1. The lowest BCUT2D eigenvalue weighted by Gasteiger charge is -2.31. The van der Waals surface area contributed by atoms with Crippen molar-refractivity contribution in [2.75, 3.05) is 11.9 Å². The largest absolute Gasteiger partial charge is 0.371 e. The number of aromatic nitrogens is 5. The molecule has 1 fully saturated rings. The number of anilines is 1. The quantitative estimate of drug-likeness (QED) is 0.713. The molecule has 4 rings (SSSR count). The van der Waals surface area contributed by atoms with Crippen LogP contribution >= 0.6 is 0 Å². The Labute approximate surface area is 167 Å². The molecule has 1 saturated heterocycles.